The molecule has 0 saturated carbocycles. The lowest BCUT2D eigenvalue weighted by molar-refractivity contribution is 0.0685. The first kappa shape index (κ1) is 20.6. The van der Waals surface area contributed by atoms with Gasteiger partial charge in [-0.25, -0.2) is 9.78 Å². The Morgan fingerprint density at radius 2 is 1.72 bits per heavy atom. The van der Waals surface area contributed by atoms with Gasteiger partial charge in [0.25, 0.3) is 5.56 Å². The number of nitrogens with zero attached hydrogens (tertiary/aromatic N) is 3. The van der Waals surface area contributed by atoms with E-state index in [0.717, 1.165) is 15.6 Å². The van der Waals surface area contributed by atoms with Crippen LogP contribution < -0.4 is 15.2 Å². The molecule has 1 unspecified atom stereocenters. The summed E-state index contributed by atoms with van der Waals surface area (Å²) in [5.74, 6) is -1.41. The van der Waals surface area contributed by atoms with Crippen molar-refractivity contribution in [3.8, 4) is 5.75 Å². The van der Waals surface area contributed by atoms with Crippen molar-refractivity contribution in [1.29, 1.82) is 0 Å². The quantitative estimate of drug-likeness (QED) is 0.609. The molecule has 0 spiro atoms. The number of carboxylic acid groups (broad SMARTS) is 1. The highest BCUT2D eigenvalue weighted by Crippen LogP contribution is 2.31. The smallest absolute Gasteiger partial charge is 0.358 e. The number of anilines is 1. The molecule has 1 aromatic heterocycles. The molecule has 1 atom stereocenters. The Hall–Kier alpha value is -3.13. The first-order valence-electron chi connectivity index (χ1n) is 8.76. The van der Waals surface area contributed by atoms with E-state index in [9.17, 15) is 14.7 Å². The van der Waals surface area contributed by atoms with Gasteiger partial charge < -0.3 is 14.7 Å². The molecule has 0 aliphatic heterocycles. The first-order chi connectivity index (χ1) is 13.8. The molecular weight excluding hydrogens is 438 g/mol. The van der Waals surface area contributed by atoms with E-state index in [2.05, 4.69) is 20.9 Å². The second-order valence-electron chi connectivity index (χ2n) is 6.44. The van der Waals surface area contributed by atoms with Crippen molar-refractivity contribution in [3.05, 3.63) is 86.2 Å². The predicted molar refractivity (Wildman–Crippen MR) is 114 cm³/mol. The third kappa shape index (κ3) is 4.02. The summed E-state index contributed by atoms with van der Waals surface area (Å²) in [5, 5.41) is 9.51. The summed E-state index contributed by atoms with van der Waals surface area (Å²) in [5.41, 5.74) is 0.951. The number of rotatable bonds is 6. The highest BCUT2D eigenvalue weighted by Gasteiger charge is 2.27. The van der Waals surface area contributed by atoms with Crippen molar-refractivity contribution in [1.82, 2.24) is 9.55 Å². The van der Waals surface area contributed by atoms with Crippen LogP contribution in [0.1, 0.15) is 27.7 Å². The summed E-state index contributed by atoms with van der Waals surface area (Å²) in [6, 6.07) is 17.2. The molecule has 3 rings (SSSR count). The summed E-state index contributed by atoms with van der Waals surface area (Å²) in [7, 11) is 4.57. The molecule has 2 aromatic carbocycles. The number of ether oxygens (including phenoxy) is 1. The maximum atomic E-state index is 12.7. The highest BCUT2D eigenvalue weighted by molar-refractivity contribution is 9.10. The molecule has 8 heteroatoms. The second-order valence-corrected chi connectivity index (χ2v) is 7.35. The van der Waals surface area contributed by atoms with Gasteiger partial charge in [0, 0.05) is 18.6 Å². The average molecular weight is 458 g/mol. The van der Waals surface area contributed by atoms with Gasteiger partial charge in [0.15, 0.2) is 5.69 Å². The lowest BCUT2D eigenvalue weighted by Crippen LogP contribution is -2.34. The van der Waals surface area contributed by atoms with E-state index < -0.39 is 17.2 Å². The van der Waals surface area contributed by atoms with Crippen LogP contribution in [0.2, 0.25) is 0 Å². The highest BCUT2D eigenvalue weighted by atomic mass is 79.9. The number of benzene rings is 2. The second kappa shape index (κ2) is 8.48. The normalized spacial score (nSPS) is 11.7. The number of carboxylic acids is 1. The number of aromatic carboxylic acids is 1. The van der Waals surface area contributed by atoms with Crippen LogP contribution in [0.3, 0.4) is 0 Å². The van der Waals surface area contributed by atoms with Gasteiger partial charge in [0.1, 0.15) is 0 Å². The van der Waals surface area contributed by atoms with Crippen molar-refractivity contribution in [2.45, 2.75) is 6.04 Å². The van der Waals surface area contributed by atoms with Crippen molar-refractivity contribution in [2.24, 2.45) is 7.05 Å². The number of carbonyl (C=O) groups is 1. The van der Waals surface area contributed by atoms with Gasteiger partial charge in [-0.05, 0) is 23.3 Å². The van der Waals surface area contributed by atoms with E-state index >= 15 is 0 Å². The Morgan fingerprint density at radius 1 is 1.14 bits per heavy atom. The standard InChI is InChI=1S/C21H20BrN3O4/c1-24(21-23-16(20(27)28)18(29-3)19(26)25(21)2)17(13-7-5-4-6-8-13)14-9-11-15(22)12-10-14/h4-12,17H,1-3H3,(H,27,28). The molecule has 1 N–H and O–H groups in total. The Labute approximate surface area is 176 Å². The Balaban J connectivity index is 2.21. The molecule has 0 aliphatic rings. The number of hydrogen-bond acceptors (Lipinski definition) is 5. The van der Waals surface area contributed by atoms with E-state index in [1.807, 2.05) is 54.6 Å². The molecule has 0 aliphatic carbocycles. The third-order valence-electron chi connectivity index (χ3n) is 4.64. The van der Waals surface area contributed by atoms with Gasteiger partial charge in [0.2, 0.25) is 11.7 Å². The summed E-state index contributed by atoms with van der Waals surface area (Å²) in [6.07, 6.45) is 0. The van der Waals surface area contributed by atoms with Crippen LogP contribution in [-0.2, 0) is 7.05 Å². The molecule has 150 valence electrons. The fraction of sp³-hybridized carbons (Fsp3) is 0.190. The minimum Gasteiger partial charge on any atom is -0.489 e. The van der Waals surface area contributed by atoms with E-state index in [-0.39, 0.29) is 17.7 Å². The number of methoxy groups -OCH3 is 1. The van der Waals surface area contributed by atoms with Crippen LogP contribution in [0.5, 0.6) is 5.75 Å². The fourth-order valence-electron chi connectivity index (χ4n) is 3.25. The summed E-state index contributed by atoms with van der Waals surface area (Å²) in [4.78, 5) is 30.4. The van der Waals surface area contributed by atoms with Crippen molar-refractivity contribution < 1.29 is 14.6 Å². The lowest BCUT2D eigenvalue weighted by Gasteiger charge is -2.31. The van der Waals surface area contributed by atoms with Crippen LogP contribution >= 0.6 is 15.9 Å². The van der Waals surface area contributed by atoms with Crippen molar-refractivity contribution >= 4 is 27.8 Å². The molecule has 0 amide bonds. The van der Waals surface area contributed by atoms with E-state index in [4.69, 9.17) is 4.74 Å². The summed E-state index contributed by atoms with van der Waals surface area (Å²) < 4.78 is 7.23. The van der Waals surface area contributed by atoms with Crippen molar-refractivity contribution in [3.63, 3.8) is 0 Å². The largest absolute Gasteiger partial charge is 0.489 e. The Kier molecular flexibility index (Phi) is 6.03. The van der Waals surface area contributed by atoms with Gasteiger partial charge in [-0.2, -0.15) is 0 Å². The minimum absolute atomic E-state index is 0.213. The SMILES string of the molecule is COc1c(C(=O)O)nc(N(C)C(c2ccccc2)c2ccc(Br)cc2)n(C)c1=O. The van der Waals surface area contributed by atoms with Crippen LogP contribution in [-0.4, -0.2) is 34.8 Å². The Morgan fingerprint density at radius 3 is 2.28 bits per heavy atom. The zero-order valence-corrected chi connectivity index (χ0v) is 17.8. The first-order valence-corrected chi connectivity index (χ1v) is 9.56. The van der Waals surface area contributed by atoms with Crippen molar-refractivity contribution in [2.75, 3.05) is 19.1 Å². The van der Waals surface area contributed by atoms with Crippen LogP contribution in [0.4, 0.5) is 5.95 Å². The lowest BCUT2D eigenvalue weighted by atomic mass is 9.97. The van der Waals surface area contributed by atoms with Gasteiger partial charge in [0.05, 0.1) is 13.2 Å². The topological polar surface area (TPSA) is 84.7 Å². The van der Waals surface area contributed by atoms with E-state index in [1.165, 1.54) is 11.7 Å². The van der Waals surface area contributed by atoms with E-state index in [0.29, 0.717) is 0 Å². The zero-order valence-electron chi connectivity index (χ0n) is 16.2. The molecule has 1 heterocycles. The number of hydrogen-bond donors (Lipinski definition) is 1. The van der Waals surface area contributed by atoms with E-state index in [1.54, 1.807) is 19.0 Å². The maximum absolute atomic E-state index is 12.7. The zero-order chi connectivity index (χ0) is 21.1. The van der Waals surface area contributed by atoms with Gasteiger partial charge in [-0.3, -0.25) is 9.36 Å². The maximum Gasteiger partial charge on any atom is 0.358 e. The molecule has 0 saturated heterocycles. The fourth-order valence-corrected chi connectivity index (χ4v) is 3.51. The third-order valence-corrected chi connectivity index (χ3v) is 5.16. The van der Waals surface area contributed by atoms with Gasteiger partial charge >= 0.3 is 5.97 Å². The van der Waals surface area contributed by atoms with Crippen LogP contribution in [0.25, 0.3) is 0 Å². The molecule has 0 radical (unpaired) electrons. The molecule has 3 aromatic rings. The monoisotopic (exact) mass is 457 g/mol. The number of aromatic nitrogens is 2. The Bertz CT molecular complexity index is 1080. The summed E-state index contributed by atoms with van der Waals surface area (Å²) >= 11 is 3.44. The molecule has 0 fully saturated rings. The molecular formula is C21H20BrN3O4. The summed E-state index contributed by atoms with van der Waals surface area (Å²) in [6.45, 7) is 0. The molecule has 7 nitrogen and oxygen atoms in total. The van der Waals surface area contributed by atoms with Gasteiger partial charge in [-0.1, -0.05) is 58.4 Å². The number of halogens is 1. The van der Waals surface area contributed by atoms with Crippen LogP contribution in [0, 0.1) is 0 Å². The van der Waals surface area contributed by atoms with Gasteiger partial charge in [-0.15, -0.1) is 0 Å². The molecule has 29 heavy (non-hydrogen) atoms. The average Bonchev–Trinajstić information content (AvgIpc) is 2.72. The minimum atomic E-state index is -1.32. The van der Waals surface area contributed by atoms with Crippen LogP contribution in [0.15, 0.2) is 63.9 Å². The molecule has 0 bridgehead atoms. The predicted octanol–water partition coefficient (Wildman–Crippen LogP) is 3.48.